The molecular formula is C14H19NO. The first-order valence-electron chi connectivity index (χ1n) is 6.15. The predicted octanol–water partition coefficient (Wildman–Crippen LogP) is 2.41. The number of carbonyl (C=O) groups excluding carboxylic acids is 1. The molecule has 86 valence electrons. The molecule has 0 radical (unpaired) electrons. The van der Waals surface area contributed by atoms with Crippen LogP contribution in [0.5, 0.6) is 0 Å². The number of rotatable bonds is 3. The molecular weight excluding hydrogens is 198 g/mol. The van der Waals surface area contributed by atoms with Gasteiger partial charge in [-0.3, -0.25) is 4.79 Å². The lowest BCUT2D eigenvalue weighted by molar-refractivity contribution is -0.129. The van der Waals surface area contributed by atoms with Gasteiger partial charge in [-0.2, -0.15) is 0 Å². The fourth-order valence-electron chi connectivity index (χ4n) is 2.21. The molecule has 1 fully saturated rings. The Morgan fingerprint density at radius 1 is 1.25 bits per heavy atom. The second kappa shape index (κ2) is 5.15. The summed E-state index contributed by atoms with van der Waals surface area (Å²) >= 11 is 0. The molecule has 0 N–H and O–H groups in total. The number of amides is 1. The Bertz CT molecular complexity index is 367. The van der Waals surface area contributed by atoms with Gasteiger partial charge in [0.15, 0.2) is 0 Å². The zero-order valence-electron chi connectivity index (χ0n) is 9.91. The van der Waals surface area contributed by atoms with Gasteiger partial charge in [0.2, 0.25) is 5.91 Å². The highest BCUT2D eigenvalue weighted by Gasteiger charge is 2.17. The summed E-state index contributed by atoms with van der Waals surface area (Å²) in [4.78, 5) is 13.9. The van der Waals surface area contributed by atoms with Gasteiger partial charge in [0.1, 0.15) is 0 Å². The molecule has 16 heavy (non-hydrogen) atoms. The minimum Gasteiger partial charge on any atom is -0.342 e. The largest absolute Gasteiger partial charge is 0.342 e. The van der Waals surface area contributed by atoms with Gasteiger partial charge >= 0.3 is 0 Å². The molecule has 0 aliphatic carbocycles. The van der Waals surface area contributed by atoms with Crippen LogP contribution in [-0.2, 0) is 17.6 Å². The Kier molecular flexibility index (Phi) is 3.60. The van der Waals surface area contributed by atoms with E-state index < -0.39 is 0 Å². The van der Waals surface area contributed by atoms with E-state index in [9.17, 15) is 4.79 Å². The van der Waals surface area contributed by atoms with Crippen LogP contribution in [0.15, 0.2) is 24.3 Å². The zero-order valence-corrected chi connectivity index (χ0v) is 9.91. The molecule has 0 aromatic heterocycles. The van der Waals surface area contributed by atoms with Gasteiger partial charge in [-0.25, -0.2) is 0 Å². The normalized spacial score (nSPS) is 15.4. The molecule has 0 unspecified atom stereocenters. The van der Waals surface area contributed by atoms with Gasteiger partial charge in [0.05, 0.1) is 6.42 Å². The first kappa shape index (κ1) is 11.2. The summed E-state index contributed by atoms with van der Waals surface area (Å²) in [6.45, 7) is 4.04. The Morgan fingerprint density at radius 3 is 2.62 bits per heavy atom. The maximum Gasteiger partial charge on any atom is 0.226 e. The number of carbonyl (C=O) groups is 1. The van der Waals surface area contributed by atoms with Crippen molar-refractivity contribution in [3.8, 4) is 0 Å². The number of hydrogen-bond donors (Lipinski definition) is 0. The molecule has 0 saturated carbocycles. The third-order valence-electron chi connectivity index (χ3n) is 3.21. The molecule has 0 spiro atoms. The summed E-state index contributed by atoms with van der Waals surface area (Å²) in [5.74, 6) is 0.283. The third-order valence-corrected chi connectivity index (χ3v) is 3.21. The Morgan fingerprint density at radius 2 is 1.94 bits per heavy atom. The lowest BCUT2D eigenvalue weighted by atomic mass is 10.1. The number of benzene rings is 1. The fraction of sp³-hybridized carbons (Fsp3) is 0.500. The summed E-state index contributed by atoms with van der Waals surface area (Å²) in [5, 5.41) is 0. The van der Waals surface area contributed by atoms with Crippen LogP contribution >= 0.6 is 0 Å². The zero-order chi connectivity index (χ0) is 11.4. The van der Waals surface area contributed by atoms with Gasteiger partial charge in [0.25, 0.3) is 0 Å². The number of aryl methyl sites for hydroxylation is 1. The van der Waals surface area contributed by atoms with Crippen LogP contribution in [0.1, 0.15) is 30.9 Å². The van der Waals surface area contributed by atoms with Crippen LogP contribution in [0.25, 0.3) is 0 Å². The minimum absolute atomic E-state index is 0.283. The first-order chi connectivity index (χ1) is 7.79. The van der Waals surface area contributed by atoms with Gasteiger partial charge in [-0.1, -0.05) is 31.2 Å². The molecule has 1 aliphatic heterocycles. The van der Waals surface area contributed by atoms with Crippen molar-refractivity contribution in [2.45, 2.75) is 32.6 Å². The molecule has 2 rings (SSSR count). The van der Waals surface area contributed by atoms with Crippen LogP contribution in [0.2, 0.25) is 0 Å². The topological polar surface area (TPSA) is 20.3 Å². The highest BCUT2D eigenvalue weighted by molar-refractivity contribution is 5.79. The highest BCUT2D eigenvalue weighted by Crippen LogP contribution is 2.12. The van der Waals surface area contributed by atoms with E-state index in [1.807, 2.05) is 17.0 Å². The van der Waals surface area contributed by atoms with Gasteiger partial charge in [-0.15, -0.1) is 0 Å². The van der Waals surface area contributed by atoms with E-state index in [4.69, 9.17) is 0 Å². The third kappa shape index (κ3) is 2.63. The maximum absolute atomic E-state index is 11.9. The van der Waals surface area contributed by atoms with Crippen molar-refractivity contribution in [3.63, 3.8) is 0 Å². The maximum atomic E-state index is 11.9. The Hall–Kier alpha value is -1.31. The first-order valence-corrected chi connectivity index (χ1v) is 6.15. The van der Waals surface area contributed by atoms with Crippen LogP contribution in [-0.4, -0.2) is 23.9 Å². The monoisotopic (exact) mass is 217 g/mol. The van der Waals surface area contributed by atoms with Gasteiger partial charge < -0.3 is 4.90 Å². The summed E-state index contributed by atoms with van der Waals surface area (Å²) in [6.07, 6.45) is 3.93. The molecule has 1 saturated heterocycles. The lowest BCUT2D eigenvalue weighted by Crippen LogP contribution is -2.29. The van der Waals surface area contributed by atoms with E-state index in [-0.39, 0.29) is 5.91 Å². The molecule has 1 amide bonds. The number of likely N-dealkylation sites (tertiary alicyclic amines) is 1. The van der Waals surface area contributed by atoms with Crippen LogP contribution in [0.3, 0.4) is 0 Å². The molecule has 1 aliphatic rings. The molecule has 0 bridgehead atoms. The smallest absolute Gasteiger partial charge is 0.226 e. The number of nitrogens with zero attached hydrogens (tertiary/aromatic N) is 1. The average Bonchev–Trinajstić information content (AvgIpc) is 2.83. The van der Waals surface area contributed by atoms with E-state index in [1.54, 1.807) is 0 Å². The fourth-order valence-corrected chi connectivity index (χ4v) is 2.21. The van der Waals surface area contributed by atoms with Crippen molar-refractivity contribution in [1.29, 1.82) is 0 Å². The second-order valence-electron chi connectivity index (χ2n) is 4.44. The van der Waals surface area contributed by atoms with Crippen LogP contribution in [0, 0.1) is 0 Å². The van der Waals surface area contributed by atoms with Crippen molar-refractivity contribution >= 4 is 5.91 Å². The molecule has 1 aromatic carbocycles. The Labute approximate surface area is 97.3 Å². The van der Waals surface area contributed by atoms with Crippen molar-refractivity contribution in [2.75, 3.05) is 13.1 Å². The van der Waals surface area contributed by atoms with Crippen molar-refractivity contribution in [3.05, 3.63) is 35.4 Å². The average molecular weight is 217 g/mol. The minimum atomic E-state index is 0.283. The van der Waals surface area contributed by atoms with E-state index >= 15 is 0 Å². The summed E-state index contributed by atoms with van der Waals surface area (Å²) < 4.78 is 0. The summed E-state index contributed by atoms with van der Waals surface area (Å²) in [5.41, 5.74) is 2.46. The molecule has 1 heterocycles. The Balaban J connectivity index is 1.99. The predicted molar refractivity (Wildman–Crippen MR) is 65.3 cm³/mol. The van der Waals surface area contributed by atoms with Gasteiger partial charge in [-0.05, 0) is 30.4 Å². The molecule has 2 nitrogen and oxygen atoms in total. The standard InChI is InChI=1S/C14H19NO/c1-2-12-6-5-7-13(10-12)11-14(16)15-8-3-4-9-15/h5-7,10H,2-4,8-9,11H2,1H3. The number of hydrogen-bond acceptors (Lipinski definition) is 1. The summed E-state index contributed by atoms with van der Waals surface area (Å²) in [6, 6.07) is 8.36. The molecule has 1 aromatic rings. The second-order valence-corrected chi connectivity index (χ2v) is 4.44. The van der Waals surface area contributed by atoms with Crippen molar-refractivity contribution in [1.82, 2.24) is 4.90 Å². The molecule has 2 heteroatoms. The van der Waals surface area contributed by atoms with E-state index in [0.717, 1.165) is 25.1 Å². The summed E-state index contributed by atoms with van der Waals surface area (Å²) in [7, 11) is 0. The van der Waals surface area contributed by atoms with E-state index in [2.05, 4.69) is 19.1 Å². The lowest BCUT2D eigenvalue weighted by Gasteiger charge is -2.15. The van der Waals surface area contributed by atoms with Gasteiger partial charge in [0, 0.05) is 13.1 Å². The van der Waals surface area contributed by atoms with Crippen molar-refractivity contribution in [2.24, 2.45) is 0 Å². The quantitative estimate of drug-likeness (QED) is 0.761. The highest BCUT2D eigenvalue weighted by atomic mass is 16.2. The van der Waals surface area contributed by atoms with E-state index in [1.165, 1.54) is 18.4 Å². The van der Waals surface area contributed by atoms with Crippen molar-refractivity contribution < 1.29 is 4.79 Å². The SMILES string of the molecule is CCc1cccc(CC(=O)N2CCCC2)c1. The van der Waals surface area contributed by atoms with Crippen LogP contribution < -0.4 is 0 Å². The van der Waals surface area contributed by atoms with E-state index in [0.29, 0.717) is 6.42 Å². The molecule has 0 atom stereocenters. The van der Waals surface area contributed by atoms with Crippen LogP contribution in [0.4, 0.5) is 0 Å².